The van der Waals surface area contributed by atoms with Gasteiger partial charge < -0.3 is 19.7 Å². The molecule has 3 aromatic carbocycles. The van der Waals surface area contributed by atoms with Crippen molar-refractivity contribution in [3.05, 3.63) is 48.0 Å². The summed E-state index contributed by atoms with van der Waals surface area (Å²) in [4.78, 5) is 0. The van der Waals surface area contributed by atoms with Crippen LogP contribution in [0, 0.1) is 6.92 Å². The molecule has 180 valence electrons. The van der Waals surface area contributed by atoms with Gasteiger partial charge in [-0.2, -0.15) is 0 Å². The molecule has 4 nitrogen and oxygen atoms in total. The topological polar surface area (TPSA) is 58.9 Å². The van der Waals surface area contributed by atoms with Crippen molar-refractivity contribution in [1.82, 2.24) is 0 Å². The fourth-order valence-electron chi connectivity index (χ4n) is 4.31. The Hall–Kier alpha value is -2.30. The van der Waals surface area contributed by atoms with Crippen LogP contribution < -0.4 is 9.47 Å². The van der Waals surface area contributed by atoms with E-state index in [-0.39, 0.29) is 13.2 Å². The van der Waals surface area contributed by atoms with E-state index in [4.69, 9.17) is 9.47 Å². The van der Waals surface area contributed by atoms with Crippen LogP contribution in [0.15, 0.2) is 42.5 Å². The summed E-state index contributed by atoms with van der Waals surface area (Å²) in [6, 6.07) is 14.3. The van der Waals surface area contributed by atoms with Gasteiger partial charge in [0.05, 0.1) is 12.2 Å². The summed E-state index contributed by atoms with van der Waals surface area (Å²) in [5.74, 6) is 1.57. The fourth-order valence-corrected chi connectivity index (χ4v) is 4.31. The largest absolute Gasteiger partial charge is 0.490 e. The highest BCUT2D eigenvalue weighted by atomic mass is 16.5. The molecule has 2 N–H and O–H groups in total. The van der Waals surface area contributed by atoms with E-state index in [0.717, 1.165) is 90.0 Å². The van der Waals surface area contributed by atoms with E-state index in [2.05, 4.69) is 39.0 Å². The van der Waals surface area contributed by atoms with Crippen molar-refractivity contribution in [3.8, 4) is 11.5 Å². The van der Waals surface area contributed by atoms with Crippen LogP contribution in [-0.2, 0) is 0 Å². The van der Waals surface area contributed by atoms with Crippen LogP contribution in [0.1, 0.15) is 70.8 Å². The first-order chi connectivity index (χ1) is 16.0. The minimum Gasteiger partial charge on any atom is -0.490 e. The van der Waals surface area contributed by atoms with E-state index in [1.165, 1.54) is 0 Å². The number of benzene rings is 3. The Bertz CT molecular complexity index is 1010. The summed E-state index contributed by atoms with van der Waals surface area (Å²) in [6.07, 6.45) is 7.07. The van der Waals surface area contributed by atoms with Crippen molar-refractivity contribution in [3.63, 3.8) is 0 Å². The SMILES string of the molecule is CCCCCC(O)COc1c2ccccc2c(OCC(O)CCCCC)c2cc(C)ccc12. The average Bonchev–Trinajstić information content (AvgIpc) is 2.81. The molecule has 3 aromatic rings. The molecular weight excluding hydrogens is 412 g/mol. The zero-order valence-corrected chi connectivity index (χ0v) is 20.5. The Morgan fingerprint density at radius 2 is 1.15 bits per heavy atom. The third kappa shape index (κ3) is 6.84. The Balaban J connectivity index is 1.92. The third-order valence-electron chi connectivity index (χ3n) is 6.20. The van der Waals surface area contributed by atoms with Crippen LogP contribution in [0.25, 0.3) is 21.5 Å². The van der Waals surface area contributed by atoms with Gasteiger partial charge in [-0.3, -0.25) is 0 Å². The summed E-state index contributed by atoms with van der Waals surface area (Å²) >= 11 is 0. The number of unbranched alkanes of at least 4 members (excludes halogenated alkanes) is 4. The molecule has 0 radical (unpaired) electrons. The predicted octanol–water partition coefficient (Wildman–Crippen LogP) is 6.94. The highest BCUT2D eigenvalue weighted by Gasteiger charge is 2.18. The molecular formula is C29H40O4. The maximum absolute atomic E-state index is 10.4. The number of hydrogen-bond donors (Lipinski definition) is 2. The van der Waals surface area contributed by atoms with Gasteiger partial charge in [0.1, 0.15) is 24.7 Å². The lowest BCUT2D eigenvalue weighted by atomic mass is 9.99. The standard InChI is InChI=1S/C29H40O4/c1-4-6-8-12-22(30)19-32-28-24-14-10-11-15-25(24)29(27-18-21(3)16-17-26(27)28)33-20-23(31)13-9-7-5-2/h10-11,14-18,22-23,30-31H,4-9,12-13,19-20H2,1-3H3. The lowest BCUT2D eigenvalue weighted by Gasteiger charge is -2.20. The summed E-state index contributed by atoms with van der Waals surface area (Å²) in [5.41, 5.74) is 1.14. The molecule has 0 saturated carbocycles. The Morgan fingerprint density at radius 3 is 1.67 bits per heavy atom. The predicted molar refractivity (Wildman–Crippen MR) is 137 cm³/mol. The molecule has 33 heavy (non-hydrogen) atoms. The first kappa shape index (κ1) is 25.3. The number of rotatable bonds is 14. The molecule has 0 aliphatic heterocycles. The molecule has 3 rings (SSSR count). The van der Waals surface area contributed by atoms with Gasteiger partial charge in [-0.15, -0.1) is 0 Å². The second-order valence-electron chi connectivity index (χ2n) is 9.17. The minimum atomic E-state index is -0.482. The van der Waals surface area contributed by atoms with Gasteiger partial charge in [0, 0.05) is 21.5 Å². The molecule has 2 atom stereocenters. The van der Waals surface area contributed by atoms with Crippen molar-refractivity contribution in [1.29, 1.82) is 0 Å². The van der Waals surface area contributed by atoms with Crippen LogP contribution in [-0.4, -0.2) is 35.6 Å². The third-order valence-corrected chi connectivity index (χ3v) is 6.20. The summed E-state index contributed by atoms with van der Waals surface area (Å²) in [5, 5.41) is 24.8. The van der Waals surface area contributed by atoms with Crippen LogP contribution in [0.4, 0.5) is 0 Å². The molecule has 4 heteroatoms. The smallest absolute Gasteiger partial charge is 0.135 e. The first-order valence-electron chi connectivity index (χ1n) is 12.6. The summed E-state index contributed by atoms with van der Waals surface area (Å²) < 4.78 is 12.5. The zero-order chi connectivity index (χ0) is 23.6. The Labute approximate surface area is 198 Å². The lowest BCUT2D eigenvalue weighted by Crippen LogP contribution is -2.18. The van der Waals surface area contributed by atoms with Crippen molar-refractivity contribution in [2.75, 3.05) is 13.2 Å². The molecule has 0 heterocycles. The van der Waals surface area contributed by atoms with Crippen molar-refractivity contribution in [2.24, 2.45) is 0 Å². The van der Waals surface area contributed by atoms with Crippen molar-refractivity contribution >= 4 is 21.5 Å². The van der Waals surface area contributed by atoms with Gasteiger partial charge in [0.25, 0.3) is 0 Å². The van der Waals surface area contributed by atoms with Crippen LogP contribution in [0.2, 0.25) is 0 Å². The van der Waals surface area contributed by atoms with E-state index in [0.29, 0.717) is 0 Å². The van der Waals surface area contributed by atoms with Crippen molar-refractivity contribution in [2.45, 2.75) is 84.3 Å². The Morgan fingerprint density at radius 1 is 0.667 bits per heavy atom. The summed E-state index contributed by atoms with van der Waals surface area (Å²) in [7, 11) is 0. The number of aliphatic hydroxyl groups is 2. The maximum atomic E-state index is 10.4. The van der Waals surface area contributed by atoms with E-state index >= 15 is 0 Å². The second-order valence-corrected chi connectivity index (χ2v) is 9.17. The van der Waals surface area contributed by atoms with Gasteiger partial charge in [0.15, 0.2) is 0 Å². The minimum absolute atomic E-state index is 0.271. The first-order valence-corrected chi connectivity index (χ1v) is 12.6. The number of ether oxygens (including phenoxy) is 2. The summed E-state index contributed by atoms with van der Waals surface area (Å²) in [6.45, 7) is 6.93. The monoisotopic (exact) mass is 452 g/mol. The van der Waals surface area contributed by atoms with E-state index < -0.39 is 12.2 Å². The normalized spacial score (nSPS) is 13.4. The second kappa shape index (κ2) is 12.8. The van der Waals surface area contributed by atoms with Gasteiger partial charge >= 0.3 is 0 Å². The molecule has 2 unspecified atom stereocenters. The van der Waals surface area contributed by atoms with Crippen molar-refractivity contribution < 1.29 is 19.7 Å². The van der Waals surface area contributed by atoms with Crippen LogP contribution >= 0.6 is 0 Å². The number of hydrogen-bond acceptors (Lipinski definition) is 4. The van der Waals surface area contributed by atoms with Crippen LogP contribution in [0.5, 0.6) is 11.5 Å². The molecule has 0 amide bonds. The van der Waals surface area contributed by atoms with Gasteiger partial charge in [-0.1, -0.05) is 94.3 Å². The molecule has 0 aliphatic rings. The highest BCUT2D eigenvalue weighted by Crippen LogP contribution is 2.43. The number of fused-ring (bicyclic) bond motifs is 2. The molecule has 0 bridgehead atoms. The number of aryl methyl sites for hydroxylation is 1. The molecule has 0 spiro atoms. The van der Waals surface area contributed by atoms with E-state index in [1.54, 1.807) is 0 Å². The van der Waals surface area contributed by atoms with Gasteiger partial charge in [0.2, 0.25) is 0 Å². The average molecular weight is 453 g/mol. The van der Waals surface area contributed by atoms with Gasteiger partial charge in [-0.25, -0.2) is 0 Å². The molecule has 0 aliphatic carbocycles. The molecule has 0 fully saturated rings. The fraction of sp³-hybridized carbons (Fsp3) is 0.517. The zero-order valence-electron chi connectivity index (χ0n) is 20.5. The lowest BCUT2D eigenvalue weighted by molar-refractivity contribution is 0.0979. The van der Waals surface area contributed by atoms with E-state index in [9.17, 15) is 10.2 Å². The maximum Gasteiger partial charge on any atom is 0.135 e. The highest BCUT2D eigenvalue weighted by molar-refractivity contribution is 6.11. The van der Waals surface area contributed by atoms with Crippen LogP contribution in [0.3, 0.4) is 0 Å². The Kier molecular flexibility index (Phi) is 9.83. The number of aliphatic hydroxyl groups excluding tert-OH is 2. The molecule has 0 saturated heterocycles. The molecule has 0 aromatic heterocycles. The quantitative estimate of drug-likeness (QED) is 0.205. The van der Waals surface area contributed by atoms with Gasteiger partial charge in [-0.05, 0) is 25.8 Å². The van der Waals surface area contributed by atoms with E-state index in [1.807, 2.05) is 24.3 Å².